The maximum Gasteiger partial charge on any atom is 0.242 e. The number of amides is 2. The van der Waals surface area contributed by atoms with Crippen LogP contribution in [0.5, 0.6) is 0 Å². The Bertz CT molecular complexity index is 1200. The van der Waals surface area contributed by atoms with Gasteiger partial charge in [-0.05, 0) is 49.6 Å². The van der Waals surface area contributed by atoms with Crippen LogP contribution < -0.4 is 9.62 Å². The van der Waals surface area contributed by atoms with Crippen molar-refractivity contribution in [3.05, 3.63) is 63.6 Å². The van der Waals surface area contributed by atoms with Gasteiger partial charge in [0.1, 0.15) is 6.04 Å². The van der Waals surface area contributed by atoms with Crippen molar-refractivity contribution in [2.75, 3.05) is 23.7 Å². The van der Waals surface area contributed by atoms with Gasteiger partial charge in [-0.1, -0.05) is 36.2 Å². The summed E-state index contributed by atoms with van der Waals surface area (Å²) >= 11 is 12.1. The van der Waals surface area contributed by atoms with E-state index < -0.39 is 27.7 Å². The van der Waals surface area contributed by atoms with Crippen LogP contribution in [0.25, 0.3) is 0 Å². The van der Waals surface area contributed by atoms with Crippen LogP contribution >= 0.6 is 23.2 Å². The van der Waals surface area contributed by atoms with Crippen LogP contribution in [-0.4, -0.2) is 50.5 Å². The number of nitrogens with one attached hydrogen (secondary N) is 1. The summed E-state index contributed by atoms with van der Waals surface area (Å²) in [5.41, 5.74) is 0.608. The molecule has 0 bridgehead atoms. The molecule has 7 nitrogen and oxygen atoms in total. The number of hydrogen-bond acceptors (Lipinski definition) is 4. The number of halogens is 4. The molecule has 2 aromatic carbocycles. The van der Waals surface area contributed by atoms with Gasteiger partial charge in [-0.25, -0.2) is 17.2 Å². The largest absolute Gasteiger partial charge is 0.354 e. The lowest BCUT2D eigenvalue weighted by Gasteiger charge is -2.29. The van der Waals surface area contributed by atoms with Gasteiger partial charge in [0.25, 0.3) is 0 Å². The predicted octanol–water partition coefficient (Wildman–Crippen LogP) is 4.76. The molecule has 198 valence electrons. The molecule has 0 fully saturated rings. The van der Waals surface area contributed by atoms with E-state index in [1.807, 2.05) is 6.92 Å². The molecular formula is C24H29Cl2F2N3O4S. The van der Waals surface area contributed by atoms with Crippen LogP contribution in [0, 0.1) is 11.6 Å². The molecule has 0 heterocycles. The molecule has 0 aliphatic rings. The van der Waals surface area contributed by atoms with Crippen molar-refractivity contribution in [3.8, 4) is 0 Å². The van der Waals surface area contributed by atoms with Gasteiger partial charge in [0, 0.05) is 32.1 Å². The monoisotopic (exact) mass is 563 g/mol. The quantitative estimate of drug-likeness (QED) is 0.403. The van der Waals surface area contributed by atoms with Gasteiger partial charge in [-0.3, -0.25) is 13.9 Å². The van der Waals surface area contributed by atoms with Crippen LogP contribution in [0.2, 0.25) is 10.0 Å². The molecule has 0 spiro atoms. The Hall–Kier alpha value is -2.43. The highest BCUT2D eigenvalue weighted by Gasteiger charge is 2.27. The summed E-state index contributed by atoms with van der Waals surface area (Å²) in [7, 11) is -3.84. The Labute approximate surface area is 220 Å². The Kier molecular flexibility index (Phi) is 10.9. The van der Waals surface area contributed by atoms with E-state index in [-0.39, 0.29) is 43.4 Å². The van der Waals surface area contributed by atoms with Crippen molar-refractivity contribution in [1.29, 1.82) is 0 Å². The minimum absolute atomic E-state index is 0.0520. The van der Waals surface area contributed by atoms with Crippen molar-refractivity contribution in [2.45, 2.75) is 45.7 Å². The Morgan fingerprint density at radius 3 is 2.33 bits per heavy atom. The van der Waals surface area contributed by atoms with Crippen molar-refractivity contribution < 1.29 is 26.8 Å². The molecule has 1 N–H and O–H groups in total. The highest BCUT2D eigenvalue weighted by Crippen LogP contribution is 2.25. The topological polar surface area (TPSA) is 86.8 Å². The number of rotatable bonds is 12. The average molecular weight is 564 g/mol. The fourth-order valence-corrected chi connectivity index (χ4v) is 4.74. The van der Waals surface area contributed by atoms with Crippen LogP contribution in [-0.2, 0) is 26.2 Å². The summed E-state index contributed by atoms with van der Waals surface area (Å²) in [5, 5.41) is 3.42. The van der Waals surface area contributed by atoms with E-state index in [1.165, 1.54) is 4.90 Å². The van der Waals surface area contributed by atoms with E-state index in [9.17, 15) is 26.8 Å². The van der Waals surface area contributed by atoms with Crippen LogP contribution in [0.15, 0.2) is 36.4 Å². The van der Waals surface area contributed by atoms with Gasteiger partial charge in [-0.2, -0.15) is 0 Å². The highest BCUT2D eigenvalue weighted by molar-refractivity contribution is 7.92. The molecule has 0 aromatic heterocycles. The summed E-state index contributed by atoms with van der Waals surface area (Å²) in [4.78, 5) is 27.2. The second kappa shape index (κ2) is 13.2. The smallest absolute Gasteiger partial charge is 0.242 e. The molecule has 0 aliphatic carbocycles. The Morgan fingerprint density at radius 1 is 1.06 bits per heavy atom. The third kappa shape index (κ3) is 8.31. The Morgan fingerprint density at radius 2 is 1.75 bits per heavy atom. The maximum atomic E-state index is 13.7. The molecule has 0 saturated heterocycles. The van der Waals surface area contributed by atoms with Gasteiger partial charge >= 0.3 is 0 Å². The second-order valence-electron chi connectivity index (χ2n) is 8.27. The summed E-state index contributed by atoms with van der Waals surface area (Å²) in [6.07, 6.45) is 1.64. The zero-order valence-corrected chi connectivity index (χ0v) is 22.6. The first kappa shape index (κ1) is 29.8. The molecule has 2 rings (SSSR count). The molecule has 0 radical (unpaired) electrons. The molecular weight excluding hydrogens is 535 g/mol. The van der Waals surface area contributed by atoms with E-state index in [4.69, 9.17) is 23.2 Å². The molecule has 36 heavy (non-hydrogen) atoms. The lowest BCUT2D eigenvalue weighted by Crippen LogP contribution is -2.47. The fraction of sp³-hybridized carbons (Fsp3) is 0.417. The molecule has 2 amide bonds. The fourth-order valence-electron chi connectivity index (χ4n) is 3.46. The molecule has 1 atom stereocenters. The molecule has 0 aliphatic heterocycles. The maximum absolute atomic E-state index is 13.7. The first-order chi connectivity index (χ1) is 16.8. The van der Waals surface area contributed by atoms with E-state index in [0.29, 0.717) is 22.2 Å². The first-order valence-corrected chi connectivity index (χ1v) is 13.9. The highest BCUT2D eigenvalue weighted by atomic mass is 35.5. The molecule has 0 unspecified atom stereocenters. The van der Waals surface area contributed by atoms with Gasteiger partial charge in [-0.15, -0.1) is 0 Å². The Balaban J connectivity index is 2.19. The molecule has 12 heteroatoms. The normalized spacial score (nSPS) is 12.2. The van der Waals surface area contributed by atoms with E-state index >= 15 is 0 Å². The van der Waals surface area contributed by atoms with Crippen molar-refractivity contribution in [2.24, 2.45) is 0 Å². The van der Waals surface area contributed by atoms with Crippen LogP contribution in [0.1, 0.15) is 38.7 Å². The van der Waals surface area contributed by atoms with Gasteiger partial charge in [0.05, 0.1) is 22.0 Å². The number of hydrogen-bond donors (Lipinski definition) is 1. The standard InChI is InChI=1S/C24H29Cl2F2N3O4S/c1-4-11-29-24(33)16(2)30(15-17-7-9-19(25)20(26)13-17)23(32)6-5-12-31(36(3,34)35)18-8-10-21(27)22(28)14-18/h7-10,13-14,16H,4-6,11-12,15H2,1-3H3,(H,29,33)/t16-/m1/s1. The second-order valence-corrected chi connectivity index (χ2v) is 11.0. The third-order valence-electron chi connectivity index (χ3n) is 5.40. The number of anilines is 1. The third-order valence-corrected chi connectivity index (χ3v) is 7.33. The van der Waals surface area contributed by atoms with E-state index in [1.54, 1.807) is 25.1 Å². The van der Waals surface area contributed by atoms with Crippen molar-refractivity contribution >= 4 is 50.7 Å². The van der Waals surface area contributed by atoms with E-state index in [0.717, 1.165) is 35.2 Å². The van der Waals surface area contributed by atoms with Crippen LogP contribution in [0.4, 0.5) is 14.5 Å². The summed E-state index contributed by atoms with van der Waals surface area (Å²) in [5.74, 6) is -3.00. The average Bonchev–Trinajstić information content (AvgIpc) is 2.81. The predicted molar refractivity (Wildman–Crippen MR) is 138 cm³/mol. The number of carbonyl (C=O) groups excluding carboxylic acids is 2. The van der Waals surface area contributed by atoms with Crippen molar-refractivity contribution in [3.63, 3.8) is 0 Å². The first-order valence-electron chi connectivity index (χ1n) is 11.3. The van der Waals surface area contributed by atoms with Crippen LogP contribution in [0.3, 0.4) is 0 Å². The van der Waals surface area contributed by atoms with Gasteiger partial charge in [0.15, 0.2) is 11.6 Å². The van der Waals surface area contributed by atoms with E-state index in [2.05, 4.69) is 5.32 Å². The number of sulfonamides is 1. The SMILES string of the molecule is CCCNC(=O)[C@@H](C)N(Cc1ccc(Cl)c(Cl)c1)C(=O)CCCN(c1ccc(F)c(F)c1)S(C)(=O)=O. The summed E-state index contributed by atoms with van der Waals surface area (Å²) < 4.78 is 52.4. The number of carbonyl (C=O) groups is 2. The number of nitrogens with zero attached hydrogens (tertiary/aromatic N) is 2. The van der Waals surface area contributed by atoms with Gasteiger partial charge in [0.2, 0.25) is 21.8 Å². The lowest BCUT2D eigenvalue weighted by molar-refractivity contribution is -0.140. The molecule has 2 aromatic rings. The minimum Gasteiger partial charge on any atom is -0.354 e. The summed E-state index contributed by atoms with van der Waals surface area (Å²) in [6.45, 7) is 3.90. The van der Waals surface area contributed by atoms with Gasteiger partial charge < -0.3 is 10.2 Å². The number of benzene rings is 2. The summed E-state index contributed by atoms with van der Waals surface area (Å²) in [6, 6.07) is 6.86. The zero-order chi connectivity index (χ0) is 27.0. The lowest BCUT2D eigenvalue weighted by atomic mass is 10.1. The molecule has 0 saturated carbocycles. The van der Waals surface area contributed by atoms with Crippen molar-refractivity contribution in [1.82, 2.24) is 10.2 Å². The minimum atomic E-state index is -3.84. The zero-order valence-electron chi connectivity index (χ0n) is 20.2.